The molecule has 4 atom stereocenters. The molecule has 2 heterocycles. The summed E-state index contributed by atoms with van der Waals surface area (Å²) in [7, 11) is 0. The van der Waals surface area contributed by atoms with Crippen molar-refractivity contribution in [2.45, 2.75) is 95.0 Å². The lowest BCUT2D eigenvalue weighted by molar-refractivity contribution is -0.134. The van der Waals surface area contributed by atoms with Gasteiger partial charge in [0, 0.05) is 56.9 Å². The van der Waals surface area contributed by atoms with Gasteiger partial charge in [0.25, 0.3) is 5.91 Å². The van der Waals surface area contributed by atoms with Crippen molar-refractivity contribution in [2.24, 2.45) is 11.5 Å². The number of unbranched alkanes of at least 4 members (excludes halogenated alkanes) is 2. The van der Waals surface area contributed by atoms with Crippen LogP contribution in [0.15, 0.2) is 170 Å². The Hall–Kier alpha value is -7.48. The molecule has 10 rings (SSSR count). The van der Waals surface area contributed by atoms with Crippen LogP contribution in [-0.2, 0) is 33.9 Å². The molecule has 0 bridgehead atoms. The molecule has 77 heavy (non-hydrogen) atoms. The third kappa shape index (κ3) is 14.7. The molecule has 8 N–H and O–H groups in total. The van der Waals surface area contributed by atoms with Crippen LogP contribution in [0.25, 0.3) is 43.1 Å². The minimum Gasteiger partial charge on any atom is -0.354 e. The Labute approximate surface area is 452 Å². The lowest BCUT2D eigenvalue weighted by Gasteiger charge is -2.25. The summed E-state index contributed by atoms with van der Waals surface area (Å²) in [5.41, 5.74) is 15.4. The van der Waals surface area contributed by atoms with Gasteiger partial charge in [0.1, 0.15) is 0 Å². The first-order valence-electron chi connectivity index (χ1n) is 27.7. The normalized spacial score (nSPS) is 17.9. The number of nitrogens with one attached hydrogen (secondary N) is 4. The Morgan fingerprint density at radius 2 is 0.974 bits per heavy atom. The van der Waals surface area contributed by atoms with Crippen LogP contribution in [0.2, 0.25) is 0 Å². The first-order valence-corrected chi connectivity index (χ1v) is 27.7. The quantitative estimate of drug-likeness (QED) is 0.0435. The summed E-state index contributed by atoms with van der Waals surface area (Å²) in [6, 6.07) is 56.9. The maximum atomic E-state index is 13.7. The third-order valence-electron chi connectivity index (χ3n) is 15.2. The molecule has 2 aliphatic rings. The topological polar surface area (TPSA) is 175 Å². The second-order valence-corrected chi connectivity index (χ2v) is 20.8. The summed E-state index contributed by atoms with van der Waals surface area (Å²) in [4.78, 5) is 57.0. The molecule has 8 aromatic rings. The van der Waals surface area contributed by atoms with Crippen LogP contribution in [0.3, 0.4) is 0 Å². The molecule has 0 saturated carbocycles. The van der Waals surface area contributed by atoms with Crippen molar-refractivity contribution >= 4 is 66.7 Å². The van der Waals surface area contributed by atoms with Crippen molar-refractivity contribution in [2.75, 3.05) is 39.3 Å². The van der Waals surface area contributed by atoms with Crippen LogP contribution in [0.5, 0.6) is 0 Å². The Balaban J connectivity index is 0.000000188. The fourth-order valence-corrected chi connectivity index (χ4v) is 10.9. The number of amides is 4. The molecule has 0 unspecified atom stereocenters. The molecule has 2 saturated heterocycles. The van der Waals surface area contributed by atoms with Gasteiger partial charge in [-0.05, 0) is 130 Å². The first kappa shape index (κ1) is 54.3. The average Bonchev–Trinajstić information content (AvgIpc) is 3.71. The SMILES string of the molecule is NCCCC[C@@H]1N[C@@H](CNC(=O)Cc2ccc3ccccc3c2)CCN(Cc2ccc3ccccc3c2)C1=O.NCCCC[C@@H]1N[C@@H](CNC(=O)c2ccc3ccccc3c2)CCN(Cc2cccc3ccccc23)C1=O. The zero-order valence-electron chi connectivity index (χ0n) is 44.2. The van der Waals surface area contributed by atoms with Crippen molar-refractivity contribution < 1.29 is 19.2 Å². The Kier molecular flexibility index (Phi) is 19.1. The van der Waals surface area contributed by atoms with Gasteiger partial charge in [-0.15, -0.1) is 0 Å². The van der Waals surface area contributed by atoms with Gasteiger partial charge in [-0.3, -0.25) is 19.2 Å². The Bertz CT molecular complexity index is 3280. The summed E-state index contributed by atoms with van der Waals surface area (Å²) in [6.45, 7) is 4.65. The van der Waals surface area contributed by atoms with E-state index >= 15 is 0 Å². The number of carbonyl (C=O) groups excluding carboxylic acids is 4. The standard InChI is InChI=1S/C33H38N4O2.C32H36N4O2/c34-17-6-5-11-31-33(39)37(23-25-13-15-27-8-2-4-10-29(27)20-25)18-16-30(36-31)22-35-32(38)21-24-12-14-26-7-1-3-9-28(26)19-24;33-18-6-5-14-30-32(38)36(22-27-12-7-11-24-9-3-4-13-29(24)27)19-17-28(35-30)21-34-31(37)26-16-15-23-8-1-2-10-25(23)20-26/h1-4,7-10,12-15,19-20,30-31,36H,5-6,11,16-18,21-23,34H2,(H,35,38);1-4,7-13,15-16,20,28,30,35H,5-6,14,17-19,21-22,33H2,(H,34,37)/t30-,31+;28-,30+/m11/s1. The molecule has 0 aliphatic carbocycles. The minimum atomic E-state index is -0.290. The molecule has 4 amide bonds. The molecule has 0 spiro atoms. The van der Waals surface area contributed by atoms with Gasteiger partial charge in [0.2, 0.25) is 17.7 Å². The Morgan fingerprint density at radius 3 is 1.57 bits per heavy atom. The van der Waals surface area contributed by atoms with Gasteiger partial charge in [0.15, 0.2) is 0 Å². The maximum Gasteiger partial charge on any atom is 0.251 e. The zero-order chi connectivity index (χ0) is 53.3. The highest BCUT2D eigenvalue weighted by Crippen LogP contribution is 2.24. The van der Waals surface area contributed by atoms with Crippen LogP contribution >= 0.6 is 0 Å². The Morgan fingerprint density at radius 1 is 0.494 bits per heavy atom. The van der Waals surface area contributed by atoms with E-state index in [-0.39, 0.29) is 47.8 Å². The van der Waals surface area contributed by atoms with E-state index in [0.29, 0.717) is 64.3 Å². The maximum absolute atomic E-state index is 13.7. The summed E-state index contributed by atoms with van der Waals surface area (Å²) in [6.07, 6.45) is 6.92. The minimum absolute atomic E-state index is 0.00347. The van der Waals surface area contributed by atoms with Gasteiger partial charge in [-0.2, -0.15) is 0 Å². The number of hydrogen-bond donors (Lipinski definition) is 6. The van der Waals surface area contributed by atoms with Crippen LogP contribution in [0, 0.1) is 0 Å². The third-order valence-corrected chi connectivity index (χ3v) is 15.2. The van der Waals surface area contributed by atoms with Crippen LogP contribution in [-0.4, -0.2) is 96.9 Å². The molecule has 0 aromatic heterocycles. The fourth-order valence-electron chi connectivity index (χ4n) is 10.9. The number of hydrogen-bond acceptors (Lipinski definition) is 8. The second-order valence-electron chi connectivity index (χ2n) is 20.8. The summed E-state index contributed by atoms with van der Waals surface area (Å²) < 4.78 is 0. The molecule has 0 radical (unpaired) electrons. The summed E-state index contributed by atoms with van der Waals surface area (Å²) >= 11 is 0. The molecular weight excluding hydrogens is 957 g/mol. The van der Waals surface area contributed by atoms with E-state index in [9.17, 15) is 19.2 Å². The number of fused-ring (bicyclic) bond motifs is 4. The molecule has 12 heteroatoms. The van der Waals surface area contributed by atoms with Crippen molar-refractivity contribution in [1.29, 1.82) is 0 Å². The highest BCUT2D eigenvalue weighted by atomic mass is 16.2. The van der Waals surface area contributed by atoms with E-state index in [1.807, 2.05) is 94.7 Å². The number of benzene rings is 8. The number of carbonyl (C=O) groups is 4. The first-order chi connectivity index (χ1) is 37.7. The fraction of sp³-hybridized carbons (Fsp3) is 0.323. The van der Waals surface area contributed by atoms with E-state index < -0.39 is 0 Å². The van der Waals surface area contributed by atoms with Crippen LogP contribution < -0.4 is 32.7 Å². The van der Waals surface area contributed by atoms with Crippen molar-refractivity contribution in [1.82, 2.24) is 31.1 Å². The van der Waals surface area contributed by atoms with Crippen molar-refractivity contribution in [3.63, 3.8) is 0 Å². The number of nitrogens with two attached hydrogens (primary N) is 2. The monoisotopic (exact) mass is 1030 g/mol. The number of nitrogens with zero attached hydrogens (tertiary/aromatic N) is 2. The zero-order valence-corrected chi connectivity index (χ0v) is 44.2. The predicted octanol–water partition coefficient (Wildman–Crippen LogP) is 9.15. The largest absolute Gasteiger partial charge is 0.354 e. The van der Waals surface area contributed by atoms with E-state index in [1.165, 1.54) is 26.9 Å². The van der Waals surface area contributed by atoms with Crippen LogP contribution in [0.4, 0.5) is 0 Å². The predicted molar refractivity (Wildman–Crippen MR) is 312 cm³/mol. The van der Waals surface area contributed by atoms with Crippen LogP contribution in [0.1, 0.15) is 78.4 Å². The van der Waals surface area contributed by atoms with E-state index in [2.05, 4.69) is 106 Å². The van der Waals surface area contributed by atoms with Gasteiger partial charge in [0.05, 0.1) is 18.5 Å². The van der Waals surface area contributed by atoms with E-state index in [0.717, 1.165) is 84.2 Å². The lowest BCUT2D eigenvalue weighted by atomic mass is 10.0. The lowest BCUT2D eigenvalue weighted by Crippen LogP contribution is -2.48. The van der Waals surface area contributed by atoms with E-state index in [4.69, 9.17) is 11.5 Å². The molecule has 8 aromatic carbocycles. The average molecular weight is 1030 g/mol. The summed E-state index contributed by atoms with van der Waals surface area (Å²) in [5.74, 6) is 0.152. The molecule has 12 nitrogen and oxygen atoms in total. The molecule has 2 aliphatic heterocycles. The van der Waals surface area contributed by atoms with Gasteiger partial charge in [-0.25, -0.2) is 0 Å². The van der Waals surface area contributed by atoms with Gasteiger partial charge in [-0.1, -0.05) is 165 Å². The van der Waals surface area contributed by atoms with Crippen molar-refractivity contribution in [3.8, 4) is 0 Å². The van der Waals surface area contributed by atoms with Gasteiger partial charge >= 0.3 is 0 Å². The second kappa shape index (κ2) is 27.0. The highest BCUT2D eigenvalue weighted by molar-refractivity contribution is 5.98. The van der Waals surface area contributed by atoms with Gasteiger partial charge < -0.3 is 42.5 Å². The van der Waals surface area contributed by atoms with Crippen molar-refractivity contribution in [3.05, 3.63) is 192 Å². The molecule has 2 fully saturated rings. The highest BCUT2D eigenvalue weighted by Gasteiger charge is 2.32. The summed E-state index contributed by atoms with van der Waals surface area (Å²) in [5, 5.41) is 22.5. The number of rotatable bonds is 19. The molecular formula is C65H74N8O4. The van der Waals surface area contributed by atoms with E-state index in [1.54, 1.807) is 0 Å². The smallest absolute Gasteiger partial charge is 0.251 e. The molecule has 398 valence electrons.